The van der Waals surface area contributed by atoms with Gasteiger partial charge in [-0.25, -0.2) is 0 Å². The second kappa shape index (κ2) is 5.74. The molecule has 1 saturated heterocycles. The maximum Gasteiger partial charge on any atom is 0.227 e. The molecule has 0 unspecified atom stereocenters. The third-order valence-corrected chi connectivity index (χ3v) is 3.77. The van der Waals surface area contributed by atoms with E-state index in [1.165, 1.54) is 0 Å². The topological polar surface area (TPSA) is 59.0 Å². The molecule has 2 N–H and O–H groups in total. The predicted octanol–water partition coefficient (Wildman–Crippen LogP) is 2.02. The fraction of sp³-hybridized carbons (Fsp3) is 0.714. The van der Waals surface area contributed by atoms with Crippen molar-refractivity contribution in [2.24, 2.45) is 5.92 Å². The summed E-state index contributed by atoms with van der Waals surface area (Å²) in [7, 11) is 0. The number of carbonyl (C=O) groups excluding carboxylic acids is 1. The van der Waals surface area contributed by atoms with Gasteiger partial charge in [-0.2, -0.15) is 5.10 Å². The van der Waals surface area contributed by atoms with Crippen molar-refractivity contribution in [1.82, 2.24) is 15.1 Å². The van der Waals surface area contributed by atoms with E-state index < -0.39 is 0 Å². The predicted molar refractivity (Wildman–Crippen MR) is 76.3 cm³/mol. The number of hydrogen-bond acceptors (Lipinski definition) is 3. The van der Waals surface area contributed by atoms with E-state index in [1.54, 1.807) is 0 Å². The van der Waals surface area contributed by atoms with Gasteiger partial charge in [0.25, 0.3) is 0 Å². The molecule has 0 saturated carbocycles. The van der Waals surface area contributed by atoms with Crippen LogP contribution in [0, 0.1) is 19.8 Å². The average Bonchev–Trinajstić information content (AvgIpc) is 2.68. The first-order valence-electron chi connectivity index (χ1n) is 7.08. The Kier molecular flexibility index (Phi) is 4.24. The largest absolute Gasteiger partial charge is 0.323 e. The fourth-order valence-electron chi connectivity index (χ4n) is 2.66. The number of nitrogens with zero attached hydrogens (tertiary/aromatic N) is 2. The summed E-state index contributed by atoms with van der Waals surface area (Å²) in [6.07, 6.45) is 1.84. The molecular formula is C14H24N4O. The Bertz CT molecular complexity index is 458. The summed E-state index contributed by atoms with van der Waals surface area (Å²) in [4.78, 5) is 12.3. The Morgan fingerprint density at radius 1 is 1.37 bits per heavy atom. The van der Waals surface area contributed by atoms with Crippen LogP contribution in [0.1, 0.15) is 44.1 Å². The van der Waals surface area contributed by atoms with Crippen LogP contribution in [-0.4, -0.2) is 28.8 Å². The molecule has 2 heterocycles. The molecule has 0 radical (unpaired) electrons. The van der Waals surface area contributed by atoms with Crippen LogP contribution in [0.25, 0.3) is 0 Å². The summed E-state index contributed by atoms with van der Waals surface area (Å²) in [6.45, 7) is 10.0. The molecule has 0 bridgehead atoms. The molecule has 2 rings (SSSR count). The van der Waals surface area contributed by atoms with Crippen LogP contribution in [0.5, 0.6) is 0 Å². The van der Waals surface area contributed by atoms with Gasteiger partial charge in [0.1, 0.15) is 0 Å². The van der Waals surface area contributed by atoms with E-state index >= 15 is 0 Å². The first kappa shape index (κ1) is 14.1. The van der Waals surface area contributed by atoms with Gasteiger partial charge in [0.2, 0.25) is 5.91 Å². The summed E-state index contributed by atoms with van der Waals surface area (Å²) < 4.78 is 1.97. The average molecular weight is 264 g/mol. The minimum absolute atomic E-state index is 0.127. The molecule has 1 amide bonds. The Balaban J connectivity index is 2.12. The van der Waals surface area contributed by atoms with Gasteiger partial charge in [-0.3, -0.25) is 9.48 Å². The highest BCUT2D eigenvalue weighted by Crippen LogP contribution is 2.24. The van der Waals surface area contributed by atoms with Crippen molar-refractivity contribution in [2.45, 2.75) is 46.6 Å². The van der Waals surface area contributed by atoms with Gasteiger partial charge in [0.15, 0.2) is 0 Å². The lowest BCUT2D eigenvalue weighted by molar-refractivity contribution is -0.120. The van der Waals surface area contributed by atoms with E-state index in [4.69, 9.17) is 0 Å². The molecule has 1 fully saturated rings. The molecule has 1 aromatic rings. The van der Waals surface area contributed by atoms with Gasteiger partial charge in [0, 0.05) is 12.0 Å². The SMILES string of the molecule is Cc1nn(C(C)C)c(C)c1NC(=O)C1CCNCC1. The van der Waals surface area contributed by atoms with Crippen molar-refractivity contribution in [3.8, 4) is 0 Å². The quantitative estimate of drug-likeness (QED) is 0.878. The summed E-state index contributed by atoms with van der Waals surface area (Å²) in [6, 6.07) is 0.309. The van der Waals surface area contributed by atoms with Crippen LogP contribution in [0.4, 0.5) is 5.69 Å². The lowest BCUT2D eigenvalue weighted by Gasteiger charge is -2.21. The molecule has 1 aliphatic rings. The van der Waals surface area contributed by atoms with Gasteiger partial charge < -0.3 is 10.6 Å². The summed E-state index contributed by atoms with van der Waals surface area (Å²) >= 11 is 0. The van der Waals surface area contributed by atoms with Crippen molar-refractivity contribution >= 4 is 11.6 Å². The van der Waals surface area contributed by atoms with Crippen molar-refractivity contribution in [2.75, 3.05) is 18.4 Å². The van der Waals surface area contributed by atoms with Gasteiger partial charge in [-0.15, -0.1) is 0 Å². The minimum Gasteiger partial charge on any atom is -0.323 e. The van der Waals surface area contributed by atoms with E-state index in [1.807, 2.05) is 18.5 Å². The zero-order chi connectivity index (χ0) is 14.0. The number of rotatable bonds is 3. The van der Waals surface area contributed by atoms with Crippen LogP contribution in [-0.2, 0) is 4.79 Å². The lowest BCUT2D eigenvalue weighted by atomic mass is 9.97. The minimum atomic E-state index is 0.127. The van der Waals surface area contributed by atoms with E-state index in [0.29, 0.717) is 6.04 Å². The Morgan fingerprint density at radius 3 is 2.53 bits per heavy atom. The van der Waals surface area contributed by atoms with Crippen LogP contribution >= 0.6 is 0 Å². The van der Waals surface area contributed by atoms with Crippen molar-refractivity contribution < 1.29 is 4.79 Å². The Morgan fingerprint density at radius 2 is 2.00 bits per heavy atom. The van der Waals surface area contributed by atoms with Crippen LogP contribution < -0.4 is 10.6 Å². The maximum atomic E-state index is 12.3. The number of piperidine rings is 1. The van der Waals surface area contributed by atoms with Gasteiger partial charge in [0.05, 0.1) is 17.1 Å². The highest BCUT2D eigenvalue weighted by molar-refractivity contribution is 5.93. The molecule has 19 heavy (non-hydrogen) atoms. The summed E-state index contributed by atoms with van der Waals surface area (Å²) in [5.74, 6) is 0.262. The van der Waals surface area contributed by atoms with E-state index in [2.05, 4.69) is 29.6 Å². The number of anilines is 1. The highest BCUT2D eigenvalue weighted by Gasteiger charge is 2.23. The maximum absolute atomic E-state index is 12.3. The molecule has 5 heteroatoms. The number of aryl methyl sites for hydroxylation is 1. The molecule has 106 valence electrons. The fourth-order valence-corrected chi connectivity index (χ4v) is 2.66. The third-order valence-electron chi connectivity index (χ3n) is 3.77. The summed E-state index contributed by atoms with van der Waals surface area (Å²) in [5, 5.41) is 10.8. The number of nitrogens with one attached hydrogen (secondary N) is 2. The van der Waals surface area contributed by atoms with E-state index in [9.17, 15) is 4.79 Å². The molecule has 0 aromatic carbocycles. The summed E-state index contributed by atoms with van der Waals surface area (Å²) in [5.41, 5.74) is 2.82. The molecular weight excluding hydrogens is 240 g/mol. The zero-order valence-electron chi connectivity index (χ0n) is 12.3. The van der Waals surface area contributed by atoms with E-state index in [-0.39, 0.29) is 11.8 Å². The highest BCUT2D eigenvalue weighted by atomic mass is 16.1. The number of aromatic nitrogens is 2. The smallest absolute Gasteiger partial charge is 0.227 e. The first-order chi connectivity index (χ1) is 9.00. The van der Waals surface area contributed by atoms with Crippen molar-refractivity contribution in [3.63, 3.8) is 0 Å². The molecule has 1 aromatic heterocycles. The monoisotopic (exact) mass is 264 g/mol. The van der Waals surface area contributed by atoms with Crippen molar-refractivity contribution in [1.29, 1.82) is 0 Å². The standard InChI is InChI=1S/C14H24N4O/c1-9(2)18-11(4)13(10(3)17-18)16-14(19)12-5-7-15-8-6-12/h9,12,15H,5-8H2,1-4H3,(H,16,19). The third kappa shape index (κ3) is 2.97. The molecule has 0 spiro atoms. The molecule has 0 aliphatic carbocycles. The van der Waals surface area contributed by atoms with Crippen LogP contribution in [0.2, 0.25) is 0 Å². The Labute approximate surface area is 114 Å². The number of hydrogen-bond donors (Lipinski definition) is 2. The number of carbonyl (C=O) groups is 1. The molecule has 0 atom stereocenters. The molecule has 1 aliphatic heterocycles. The second-order valence-corrected chi connectivity index (χ2v) is 5.60. The van der Waals surface area contributed by atoms with Gasteiger partial charge in [-0.05, 0) is 53.6 Å². The van der Waals surface area contributed by atoms with Gasteiger partial charge in [-0.1, -0.05) is 0 Å². The normalized spacial score (nSPS) is 16.9. The van der Waals surface area contributed by atoms with Crippen molar-refractivity contribution in [3.05, 3.63) is 11.4 Å². The second-order valence-electron chi connectivity index (χ2n) is 5.60. The van der Waals surface area contributed by atoms with Crippen LogP contribution in [0.15, 0.2) is 0 Å². The lowest BCUT2D eigenvalue weighted by Crippen LogP contribution is -2.34. The van der Waals surface area contributed by atoms with Gasteiger partial charge >= 0.3 is 0 Å². The van der Waals surface area contributed by atoms with Crippen LogP contribution in [0.3, 0.4) is 0 Å². The Hall–Kier alpha value is -1.36. The number of amides is 1. The van der Waals surface area contributed by atoms with E-state index in [0.717, 1.165) is 43.0 Å². The zero-order valence-corrected chi connectivity index (χ0v) is 12.3. The first-order valence-corrected chi connectivity index (χ1v) is 7.08. The molecule has 5 nitrogen and oxygen atoms in total.